The molecule has 1 aromatic rings. The van der Waals surface area contributed by atoms with Gasteiger partial charge in [-0.05, 0) is 13.8 Å². The van der Waals surface area contributed by atoms with Crippen molar-refractivity contribution in [1.29, 1.82) is 0 Å². The molecule has 16 heavy (non-hydrogen) atoms. The molecule has 5 nitrogen and oxygen atoms in total. The van der Waals surface area contributed by atoms with E-state index >= 15 is 0 Å². The third-order valence-corrected chi connectivity index (χ3v) is 2.64. The van der Waals surface area contributed by atoms with Gasteiger partial charge in [0.2, 0.25) is 0 Å². The van der Waals surface area contributed by atoms with Crippen LogP contribution in [0, 0.1) is 0 Å². The number of esters is 1. The molecule has 0 aliphatic carbocycles. The molecule has 0 radical (unpaired) electrons. The van der Waals surface area contributed by atoms with Crippen molar-refractivity contribution in [3.05, 3.63) is 26.6 Å². The molecule has 1 heterocycles. The second-order valence-corrected chi connectivity index (χ2v) is 3.77. The van der Waals surface area contributed by atoms with Crippen molar-refractivity contribution in [2.45, 2.75) is 19.9 Å². The molecule has 0 amide bonds. The first kappa shape index (κ1) is 13.0. The summed E-state index contributed by atoms with van der Waals surface area (Å²) in [4.78, 5) is 23.0. The Hall–Kier alpha value is -1.07. The van der Waals surface area contributed by atoms with Crippen molar-refractivity contribution in [2.75, 3.05) is 6.61 Å². The highest BCUT2D eigenvalue weighted by atomic mass is 35.5. The second kappa shape index (κ2) is 5.32. The highest BCUT2D eigenvalue weighted by molar-refractivity contribution is 6.41. The number of rotatable bonds is 3. The first-order valence-corrected chi connectivity index (χ1v) is 5.34. The lowest BCUT2D eigenvalue weighted by Gasteiger charge is -2.12. The minimum Gasteiger partial charge on any atom is -0.464 e. The monoisotopic (exact) mass is 264 g/mol. The Kier molecular flexibility index (Phi) is 4.32. The molecule has 0 unspecified atom stereocenters. The van der Waals surface area contributed by atoms with Gasteiger partial charge in [0, 0.05) is 0 Å². The Balaban J connectivity index is 3.10. The van der Waals surface area contributed by atoms with Crippen molar-refractivity contribution in [3.63, 3.8) is 0 Å². The van der Waals surface area contributed by atoms with Crippen LogP contribution in [0.4, 0.5) is 0 Å². The van der Waals surface area contributed by atoms with E-state index in [1.807, 2.05) is 0 Å². The molecular formula is C9H10Cl2N2O3. The smallest absolute Gasteiger partial charge is 0.330 e. The Labute approximate surface area is 102 Å². The molecule has 0 spiro atoms. The average Bonchev–Trinajstić information content (AvgIpc) is 2.26. The van der Waals surface area contributed by atoms with E-state index in [9.17, 15) is 9.59 Å². The van der Waals surface area contributed by atoms with Crippen LogP contribution in [0.5, 0.6) is 0 Å². The third-order valence-electron chi connectivity index (χ3n) is 1.90. The lowest BCUT2D eigenvalue weighted by molar-refractivity contribution is -0.147. The summed E-state index contributed by atoms with van der Waals surface area (Å²) in [6.07, 6.45) is 1.21. The zero-order chi connectivity index (χ0) is 12.3. The molecule has 0 N–H and O–H groups in total. The largest absolute Gasteiger partial charge is 0.464 e. The molecule has 0 aromatic carbocycles. The minimum absolute atomic E-state index is 0.0546. The van der Waals surface area contributed by atoms with Gasteiger partial charge in [-0.1, -0.05) is 23.2 Å². The molecule has 88 valence electrons. The van der Waals surface area contributed by atoms with Gasteiger partial charge < -0.3 is 4.74 Å². The molecule has 0 bridgehead atoms. The molecule has 0 saturated carbocycles. The van der Waals surface area contributed by atoms with Crippen LogP contribution >= 0.6 is 23.2 Å². The summed E-state index contributed by atoms with van der Waals surface area (Å²) in [5.74, 6) is -0.546. The first-order valence-electron chi connectivity index (χ1n) is 4.58. The van der Waals surface area contributed by atoms with Gasteiger partial charge in [0.05, 0.1) is 17.8 Å². The maximum atomic E-state index is 11.6. The van der Waals surface area contributed by atoms with E-state index in [2.05, 4.69) is 5.10 Å². The fourth-order valence-electron chi connectivity index (χ4n) is 1.06. The fraction of sp³-hybridized carbons (Fsp3) is 0.444. The number of halogens is 2. The summed E-state index contributed by atoms with van der Waals surface area (Å²) in [6, 6.07) is -0.831. The van der Waals surface area contributed by atoms with E-state index in [-0.39, 0.29) is 16.7 Å². The molecule has 0 saturated heterocycles. The van der Waals surface area contributed by atoms with Crippen LogP contribution in [-0.2, 0) is 9.53 Å². The van der Waals surface area contributed by atoms with Gasteiger partial charge >= 0.3 is 5.97 Å². The zero-order valence-electron chi connectivity index (χ0n) is 8.74. The Bertz CT molecular complexity index is 459. The normalized spacial score (nSPS) is 12.2. The standard InChI is InChI=1S/C9H10Cl2N2O3/c1-3-16-9(15)5(2)13-8(14)7(11)6(10)4-12-13/h4-5H,3H2,1-2H3/t5-/m1/s1. The second-order valence-electron chi connectivity index (χ2n) is 2.98. The fourth-order valence-corrected chi connectivity index (χ4v) is 1.32. The van der Waals surface area contributed by atoms with E-state index in [1.165, 1.54) is 13.1 Å². The van der Waals surface area contributed by atoms with Gasteiger partial charge in [-0.2, -0.15) is 5.10 Å². The quantitative estimate of drug-likeness (QED) is 0.780. The molecule has 7 heteroatoms. The Morgan fingerprint density at radius 3 is 2.81 bits per heavy atom. The van der Waals surface area contributed by atoms with Crippen LogP contribution in [0.3, 0.4) is 0 Å². The van der Waals surface area contributed by atoms with Crippen LogP contribution in [0.25, 0.3) is 0 Å². The van der Waals surface area contributed by atoms with Gasteiger partial charge in [0.1, 0.15) is 5.02 Å². The lowest BCUT2D eigenvalue weighted by Crippen LogP contribution is -2.31. The topological polar surface area (TPSA) is 61.2 Å². The van der Waals surface area contributed by atoms with Crippen LogP contribution < -0.4 is 5.56 Å². The molecule has 1 atom stereocenters. The van der Waals surface area contributed by atoms with Crippen molar-refractivity contribution in [1.82, 2.24) is 9.78 Å². The van der Waals surface area contributed by atoms with Crippen LogP contribution in [-0.4, -0.2) is 22.4 Å². The number of aromatic nitrogens is 2. The summed E-state index contributed by atoms with van der Waals surface area (Å²) in [7, 11) is 0. The third kappa shape index (κ3) is 2.54. The van der Waals surface area contributed by atoms with E-state index in [0.717, 1.165) is 4.68 Å². The number of nitrogens with zero attached hydrogens (tertiary/aromatic N) is 2. The summed E-state index contributed by atoms with van der Waals surface area (Å²) in [6.45, 7) is 3.41. The van der Waals surface area contributed by atoms with Crippen molar-refractivity contribution >= 4 is 29.2 Å². The summed E-state index contributed by atoms with van der Waals surface area (Å²) >= 11 is 11.3. The van der Waals surface area contributed by atoms with E-state index in [0.29, 0.717) is 0 Å². The number of carbonyl (C=O) groups excluding carboxylic acids is 1. The SMILES string of the molecule is CCOC(=O)[C@@H](C)n1ncc(Cl)c(Cl)c1=O. The van der Waals surface area contributed by atoms with Gasteiger partial charge in [0.15, 0.2) is 6.04 Å². The predicted molar refractivity (Wildman–Crippen MR) is 59.9 cm³/mol. The average molecular weight is 265 g/mol. The van der Waals surface area contributed by atoms with Gasteiger partial charge in [0.25, 0.3) is 5.56 Å². The Morgan fingerprint density at radius 1 is 1.62 bits per heavy atom. The van der Waals surface area contributed by atoms with Crippen molar-refractivity contribution < 1.29 is 9.53 Å². The molecule has 0 fully saturated rings. The van der Waals surface area contributed by atoms with Crippen molar-refractivity contribution in [2.24, 2.45) is 0 Å². The first-order chi connectivity index (χ1) is 7.49. The molecule has 0 aliphatic heterocycles. The maximum absolute atomic E-state index is 11.6. The number of ether oxygens (including phenoxy) is 1. The summed E-state index contributed by atoms with van der Waals surface area (Å²) in [5.41, 5.74) is -0.616. The van der Waals surface area contributed by atoms with Gasteiger partial charge in [-0.15, -0.1) is 0 Å². The molecule has 1 aromatic heterocycles. The Morgan fingerprint density at radius 2 is 2.25 bits per heavy atom. The highest BCUT2D eigenvalue weighted by Crippen LogP contribution is 2.16. The van der Waals surface area contributed by atoms with Crippen LogP contribution in [0.1, 0.15) is 19.9 Å². The van der Waals surface area contributed by atoms with Crippen LogP contribution in [0.15, 0.2) is 11.0 Å². The maximum Gasteiger partial charge on any atom is 0.330 e. The predicted octanol–water partition coefficient (Wildman–Crippen LogP) is 1.67. The molecule has 1 rings (SSSR count). The zero-order valence-corrected chi connectivity index (χ0v) is 10.2. The number of hydrogen-bond acceptors (Lipinski definition) is 4. The van der Waals surface area contributed by atoms with E-state index in [4.69, 9.17) is 27.9 Å². The van der Waals surface area contributed by atoms with Gasteiger partial charge in [-0.3, -0.25) is 4.79 Å². The van der Waals surface area contributed by atoms with E-state index < -0.39 is 17.6 Å². The highest BCUT2D eigenvalue weighted by Gasteiger charge is 2.20. The lowest BCUT2D eigenvalue weighted by atomic mass is 10.3. The number of carbonyl (C=O) groups is 1. The molecule has 0 aliphatic rings. The van der Waals surface area contributed by atoms with Gasteiger partial charge in [-0.25, -0.2) is 9.48 Å². The molecular weight excluding hydrogens is 255 g/mol. The summed E-state index contributed by atoms with van der Waals surface area (Å²) in [5, 5.41) is 3.62. The minimum atomic E-state index is -0.831. The van der Waals surface area contributed by atoms with Crippen LogP contribution in [0.2, 0.25) is 10.0 Å². The van der Waals surface area contributed by atoms with Crippen molar-refractivity contribution in [3.8, 4) is 0 Å². The number of hydrogen-bond donors (Lipinski definition) is 0. The summed E-state index contributed by atoms with van der Waals surface area (Å²) < 4.78 is 5.71. The van der Waals surface area contributed by atoms with E-state index in [1.54, 1.807) is 6.92 Å².